The molecule has 2 heterocycles. The first-order valence-corrected chi connectivity index (χ1v) is 11.4. The summed E-state index contributed by atoms with van der Waals surface area (Å²) < 4.78 is 4.67. The van der Waals surface area contributed by atoms with E-state index >= 15 is 0 Å². The standard InChI is InChI=1S/C32H20N2/c1-2-22-15-20-32-28(21-22)27-11-5-8-14-31(27)34(32)24-18-16-23(17-19-24)33-29-12-6-3-9-25(29)26-10-4-7-13-30(26)33/h1,3-21H. The maximum absolute atomic E-state index is 5.69. The first-order chi connectivity index (χ1) is 16.8. The van der Waals surface area contributed by atoms with Gasteiger partial charge in [0.2, 0.25) is 0 Å². The van der Waals surface area contributed by atoms with Crippen LogP contribution in [0.1, 0.15) is 5.56 Å². The van der Waals surface area contributed by atoms with Gasteiger partial charge in [-0.3, -0.25) is 0 Å². The summed E-state index contributed by atoms with van der Waals surface area (Å²) in [5, 5.41) is 4.93. The molecule has 0 radical (unpaired) electrons. The van der Waals surface area contributed by atoms with E-state index in [4.69, 9.17) is 6.42 Å². The lowest BCUT2D eigenvalue weighted by molar-refractivity contribution is 1.14. The summed E-state index contributed by atoms with van der Waals surface area (Å²) in [6.07, 6.45) is 5.69. The number of nitrogens with zero attached hydrogens (tertiary/aromatic N) is 2. The summed E-state index contributed by atoms with van der Waals surface area (Å²) in [5.74, 6) is 2.77. The molecule has 0 aliphatic rings. The molecule has 2 heteroatoms. The molecule has 0 atom stereocenters. The Kier molecular flexibility index (Phi) is 3.94. The van der Waals surface area contributed by atoms with Gasteiger partial charge in [0, 0.05) is 38.5 Å². The largest absolute Gasteiger partial charge is 0.309 e. The van der Waals surface area contributed by atoms with E-state index in [0.29, 0.717) is 0 Å². The predicted molar refractivity (Wildman–Crippen MR) is 143 cm³/mol. The number of terminal acetylenes is 1. The van der Waals surface area contributed by atoms with Gasteiger partial charge in [-0.1, -0.05) is 60.5 Å². The Labute approximate surface area is 197 Å². The minimum absolute atomic E-state index is 0.900. The van der Waals surface area contributed by atoms with E-state index in [2.05, 4.69) is 124 Å². The van der Waals surface area contributed by atoms with Crippen LogP contribution in [0.15, 0.2) is 115 Å². The van der Waals surface area contributed by atoms with Crippen LogP contribution in [0.25, 0.3) is 55.0 Å². The Balaban J connectivity index is 1.46. The van der Waals surface area contributed by atoms with Gasteiger partial charge in [-0.05, 0) is 60.7 Å². The van der Waals surface area contributed by atoms with Crippen LogP contribution < -0.4 is 0 Å². The highest BCUT2D eigenvalue weighted by atomic mass is 15.0. The quantitative estimate of drug-likeness (QED) is 0.246. The van der Waals surface area contributed by atoms with Gasteiger partial charge in [-0.15, -0.1) is 6.42 Å². The average molecular weight is 433 g/mol. The highest BCUT2D eigenvalue weighted by Gasteiger charge is 2.14. The van der Waals surface area contributed by atoms with Crippen molar-refractivity contribution in [2.24, 2.45) is 0 Å². The third-order valence-corrected chi connectivity index (χ3v) is 6.79. The molecule has 5 aromatic carbocycles. The van der Waals surface area contributed by atoms with Crippen LogP contribution in [0.3, 0.4) is 0 Å². The summed E-state index contributed by atoms with van der Waals surface area (Å²) >= 11 is 0. The molecule has 0 amide bonds. The number of para-hydroxylation sites is 3. The van der Waals surface area contributed by atoms with E-state index in [1.165, 1.54) is 38.1 Å². The average Bonchev–Trinajstić information content (AvgIpc) is 3.41. The molecule has 0 unspecified atom stereocenters. The van der Waals surface area contributed by atoms with Crippen molar-refractivity contribution in [3.63, 3.8) is 0 Å². The van der Waals surface area contributed by atoms with Gasteiger partial charge in [-0.2, -0.15) is 0 Å². The van der Waals surface area contributed by atoms with Gasteiger partial charge in [0.1, 0.15) is 0 Å². The predicted octanol–water partition coefficient (Wildman–Crippen LogP) is 7.86. The van der Waals surface area contributed by atoms with Gasteiger partial charge in [-0.25, -0.2) is 0 Å². The monoisotopic (exact) mass is 432 g/mol. The zero-order valence-electron chi connectivity index (χ0n) is 18.4. The minimum atomic E-state index is 0.900. The van der Waals surface area contributed by atoms with Gasteiger partial charge < -0.3 is 9.13 Å². The van der Waals surface area contributed by atoms with Crippen molar-refractivity contribution >= 4 is 43.6 Å². The molecule has 2 aromatic heterocycles. The van der Waals surface area contributed by atoms with E-state index in [9.17, 15) is 0 Å². The van der Waals surface area contributed by atoms with Crippen LogP contribution in [0.5, 0.6) is 0 Å². The highest BCUT2D eigenvalue weighted by Crippen LogP contribution is 2.34. The van der Waals surface area contributed by atoms with Crippen LogP contribution in [0.4, 0.5) is 0 Å². The van der Waals surface area contributed by atoms with E-state index in [-0.39, 0.29) is 0 Å². The van der Waals surface area contributed by atoms with Crippen molar-refractivity contribution in [3.05, 3.63) is 121 Å². The maximum Gasteiger partial charge on any atom is 0.0541 e. The van der Waals surface area contributed by atoms with Crippen molar-refractivity contribution in [2.75, 3.05) is 0 Å². The number of rotatable bonds is 2. The molecular weight excluding hydrogens is 412 g/mol. The normalized spacial score (nSPS) is 11.5. The Morgan fingerprint density at radius 2 is 0.853 bits per heavy atom. The van der Waals surface area contributed by atoms with Crippen LogP contribution >= 0.6 is 0 Å². The molecule has 7 rings (SSSR count). The van der Waals surface area contributed by atoms with E-state index in [1.807, 2.05) is 6.07 Å². The third-order valence-electron chi connectivity index (χ3n) is 6.79. The molecule has 0 spiro atoms. The van der Waals surface area contributed by atoms with Crippen LogP contribution in [0.2, 0.25) is 0 Å². The first-order valence-electron chi connectivity index (χ1n) is 11.4. The van der Waals surface area contributed by atoms with Crippen molar-refractivity contribution in [3.8, 4) is 23.7 Å². The van der Waals surface area contributed by atoms with E-state index in [1.54, 1.807) is 0 Å². The summed E-state index contributed by atoms with van der Waals surface area (Å²) in [7, 11) is 0. The molecule has 34 heavy (non-hydrogen) atoms. The Bertz CT molecular complexity index is 1850. The Morgan fingerprint density at radius 3 is 1.32 bits per heavy atom. The zero-order chi connectivity index (χ0) is 22.6. The second kappa shape index (κ2) is 7.13. The molecular formula is C32H20N2. The summed E-state index contributed by atoms with van der Waals surface area (Å²) in [5.41, 5.74) is 7.95. The number of fused-ring (bicyclic) bond motifs is 6. The fourth-order valence-corrected chi connectivity index (χ4v) is 5.29. The van der Waals surface area contributed by atoms with Crippen LogP contribution in [0, 0.1) is 12.3 Å². The summed E-state index contributed by atoms with van der Waals surface area (Å²) in [6.45, 7) is 0. The van der Waals surface area contributed by atoms with Gasteiger partial charge in [0.05, 0.1) is 22.1 Å². The molecule has 0 N–H and O–H groups in total. The molecule has 0 fully saturated rings. The summed E-state index contributed by atoms with van der Waals surface area (Å²) in [6, 6.07) is 40.8. The number of aromatic nitrogens is 2. The van der Waals surface area contributed by atoms with Gasteiger partial charge in [0.25, 0.3) is 0 Å². The molecule has 7 aromatic rings. The van der Waals surface area contributed by atoms with Crippen LogP contribution in [-0.4, -0.2) is 9.13 Å². The Hall–Kier alpha value is -4.74. The number of hydrogen-bond acceptors (Lipinski definition) is 0. The lowest BCUT2D eigenvalue weighted by atomic mass is 10.1. The van der Waals surface area contributed by atoms with E-state index < -0.39 is 0 Å². The fraction of sp³-hybridized carbons (Fsp3) is 0. The molecule has 2 nitrogen and oxygen atoms in total. The van der Waals surface area contributed by atoms with Crippen LogP contribution in [-0.2, 0) is 0 Å². The molecule has 0 aliphatic heterocycles. The molecule has 158 valence electrons. The number of hydrogen-bond donors (Lipinski definition) is 0. The maximum atomic E-state index is 5.69. The smallest absolute Gasteiger partial charge is 0.0541 e. The zero-order valence-corrected chi connectivity index (χ0v) is 18.4. The van der Waals surface area contributed by atoms with Gasteiger partial charge in [0.15, 0.2) is 0 Å². The molecule has 0 saturated carbocycles. The lowest BCUT2D eigenvalue weighted by Gasteiger charge is -2.11. The molecule has 0 saturated heterocycles. The van der Waals surface area contributed by atoms with E-state index in [0.717, 1.165) is 22.5 Å². The molecule has 0 aliphatic carbocycles. The van der Waals surface area contributed by atoms with Crippen molar-refractivity contribution in [1.82, 2.24) is 9.13 Å². The van der Waals surface area contributed by atoms with Crippen molar-refractivity contribution < 1.29 is 0 Å². The molecule has 0 bridgehead atoms. The lowest BCUT2D eigenvalue weighted by Crippen LogP contribution is -1.97. The van der Waals surface area contributed by atoms with Gasteiger partial charge >= 0.3 is 0 Å². The highest BCUT2D eigenvalue weighted by molar-refractivity contribution is 6.10. The van der Waals surface area contributed by atoms with Crippen molar-refractivity contribution in [2.45, 2.75) is 0 Å². The second-order valence-electron chi connectivity index (χ2n) is 8.61. The topological polar surface area (TPSA) is 9.86 Å². The van der Waals surface area contributed by atoms with Crippen molar-refractivity contribution in [1.29, 1.82) is 0 Å². The Morgan fingerprint density at radius 1 is 0.441 bits per heavy atom. The summed E-state index contributed by atoms with van der Waals surface area (Å²) in [4.78, 5) is 0. The fourth-order valence-electron chi connectivity index (χ4n) is 5.29. The third kappa shape index (κ3) is 2.59. The SMILES string of the molecule is C#Cc1ccc2c(c1)c1ccccc1n2-c1ccc(-n2c3ccccc3c3ccccc32)cc1. The number of benzene rings is 5. The first kappa shape index (κ1) is 18.8. The second-order valence-corrected chi connectivity index (χ2v) is 8.61. The minimum Gasteiger partial charge on any atom is -0.309 e.